The van der Waals surface area contributed by atoms with Gasteiger partial charge in [0.1, 0.15) is 11.5 Å². The van der Waals surface area contributed by atoms with Crippen LogP contribution in [-0.4, -0.2) is 38.9 Å². The van der Waals surface area contributed by atoms with Gasteiger partial charge in [0.2, 0.25) is 0 Å². The average Bonchev–Trinajstić information content (AvgIpc) is 3.03. The molecule has 0 saturated heterocycles. The summed E-state index contributed by atoms with van der Waals surface area (Å²) in [6.45, 7) is 4.94. The van der Waals surface area contributed by atoms with E-state index >= 15 is 0 Å². The van der Waals surface area contributed by atoms with Crippen molar-refractivity contribution >= 4 is 15.8 Å². The van der Waals surface area contributed by atoms with E-state index in [2.05, 4.69) is 86.2 Å². The van der Waals surface area contributed by atoms with Crippen molar-refractivity contribution in [1.82, 2.24) is 0 Å². The first kappa shape index (κ1) is 38.2. The van der Waals surface area contributed by atoms with Crippen LogP contribution in [0, 0.1) is 0 Å². The summed E-state index contributed by atoms with van der Waals surface area (Å²) in [6, 6.07) is 17.0. The zero-order valence-corrected chi connectivity index (χ0v) is 30.9. The van der Waals surface area contributed by atoms with Gasteiger partial charge in [-0.15, -0.1) is 15.8 Å². The third-order valence-corrected chi connectivity index (χ3v) is 14.2. The van der Waals surface area contributed by atoms with Crippen molar-refractivity contribution in [1.29, 1.82) is 0 Å². The van der Waals surface area contributed by atoms with Crippen molar-refractivity contribution in [3.63, 3.8) is 0 Å². The van der Waals surface area contributed by atoms with Crippen molar-refractivity contribution in [3.05, 3.63) is 84.0 Å². The molecule has 2 saturated carbocycles. The maximum absolute atomic E-state index is 5.44. The minimum atomic E-state index is 0. The summed E-state index contributed by atoms with van der Waals surface area (Å²) in [6.07, 6.45) is 31.0. The quantitative estimate of drug-likeness (QED) is 0.154. The molecule has 0 aromatic heterocycles. The molecule has 1 radical (unpaired) electrons. The van der Waals surface area contributed by atoms with Crippen molar-refractivity contribution in [2.75, 3.05) is 27.5 Å². The van der Waals surface area contributed by atoms with E-state index in [1.807, 2.05) is 0 Å². The van der Waals surface area contributed by atoms with E-state index in [0.29, 0.717) is 0 Å². The maximum Gasteiger partial charge on any atom is 0.122 e. The monoisotopic (exact) mass is 711 g/mol. The first-order chi connectivity index (χ1) is 20.6. The molecule has 43 heavy (non-hydrogen) atoms. The zero-order valence-electron chi connectivity index (χ0n) is 27.4. The Morgan fingerprint density at radius 2 is 0.860 bits per heavy atom. The van der Waals surface area contributed by atoms with E-state index < -0.39 is 0 Å². The number of benzene rings is 2. The molecule has 5 heteroatoms. The van der Waals surface area contributed by atoms with Crippen LogP contribution in [0.3, 0.4) is 0 Å². The molecule has 2 aromatic rings. The Hall–Kier alpha value is -0.997. The van der Waals surface area contributed by atoms with Crippen LogP contribution in [0.2, 0.25) is 0 Å². The van der Waals surface area contributed by atoms with Gasteiger partial charge in [0, 0.05) is 19.5 Å². The SMILES string of the molecule is C1=CCCC=CCC1.COc1ccccc1CP(C)C1CCCCC1.COc1ccccc1CP(C)C1CCCCC1.[Rh]. The normalized spacial score (nSPS) is 18.7. The molecule has 2 nitrogen and oxygen atoms in total. The third-order valence-electron chi connectivity index (χ3n) is 8.95. The molecule has 2 atom stereocenters. The van der Waals surface area contributed by atoms with Gasteiger partial charge in [-0.2, -0.15) is 0 Å². The van der Waals surface area contributed by atoms with Crippen LogP contribution in [0.1, 0.15) is 101 Å². The van der Waals surface area contributed by atoms with E-state index in [4.69, 9.17) is 9.47 Å². The predicted octanol–water partition coefficient (Wildman–Crippen LogP) is 11.9. The average molecular weight is 712 g/mol. The fourth-order valence-corrected chi connectivity index (χ4v) is 11.0. The summed E-state index contributed by atoms with van der Waals surface area (Å²) < 4.78 is 10.9. The van der Waals surface area contributed by atoms with E-state index in [1.54, 1.807) is 14.2 Å². The molecule has 241 valence electrons. The summed E-state index contributed by atoms with van der Waals surface area (Å²) in [5.74, 6) is 2.13. The van der Waals surface area contributed by atoms with Crippen molar-refractivity contribution in [2.24, 2.45) is 0 Å². The van der Waals surface area contributed by atoms with E-state index in [-0.39, 0.29) is 35.3 Å². The fourth-order valence-electron chi connectivity index (χ4n) is 6.36. The van der Waals surface area contributed by atoms with Gasteiger partial charge in [0.15, 0.2) is 0 Å². The van der Waals surface area contributed by atoms with Gasteiger partial charge >= 0.3 is 0 Å². The summed E-state index contributed by atoms with van der Waals surface area (Å²) >= 11 is 0. The number of methoxy groups -OCH3 is 2. The van der Waals surface area contributed by atoms with Crippen LogP contribution in [0.5, 0.6) is 11.5 Å². The second-order valence-electron chi connectivity index (χ2n) is 12.1. The van der Waals surface area contributed by atoms with Gasteiger partial charge in [-0.1, -0.05) is 99.2 Å². The van der Waals surface area contributed by atoms with Crippen molar-refractivity contribution in [3.8, 4) is 11.5 Å². The molecule has 3 aliphatic carbocycles. The molecule has 2 aromatic carbocycles. The largest absolute Gasteiger partial charge is 0.496 e. The Bertz CT molecular complexity index is 948. The predicted molar refractivity (Wildman–Crippen MR) is 190 cm³/mol. The zero-order chi connectivity index (χ0) is 29.8. The van der Waals surface area contributed by atoms with Gasteiger partial charge < -0.3 is 9.47 Å². The van der Waals surface area contributed by atoms with E-state index in [0.717, 1.165) is 22.8 Å². The van der Waals surface area contributed by atoms with Crippen molar-refractivity contribution < 1.29 is 29.0 Å². The third kappa shape index (κ3) is 14.8. The molecule has 0 heterocycles. The standard InChI is InChI=1S/2C15H23OP.C8H12.Rh/c2*1-16-15-11-7-6-8-13(15)12-17(2)14-9-4-3-5-10-14;1-2-4-6-8-7-5-3-1;/h2*6-8,11,14H,3-5,9-10,12H2,1-2H3;1-2,7-8H,3-6H2;. The Kier molecular flexibility index (Phi) is 20.7. The molecule has 0 N–H and O–H groups in total. The summed E-state index contributed by atoms with van der Waals surface area (Å²) in [4.78, 5) is 0. The second kappa shape index (κ2) is 23.4. The summed E-state index contributed by atoms with van der Waals surface area (Å²) in [5, 5.41) is 0. The molecule has 0 spiro atoms. The Morgan fingerprint density at radius 3 is 1.19 bits per heavy atom. The van der Waals surface area contributed by atoms with Crippen LogP contribution in [0.4, 0.5) is 0 Å². The number of allylic oxidation sites excluding steroid dienone is 4. The molecule has 0 aliphatic heterocycles. The molecular formula is C38H58O2P2Rh. The Balaban J connectivity index is 0.000000237. The minimum absolute atomic E-state index is 0. The smallest absolute Gasteiger partial charge is 0.122 e. The van der Waals surface area contributed by atoms with E-state index in [9.17, 15) is 0 Å². The summed E-state index contributed by atoms with van der Waals surface area (Å²) in [5.41, 5.74) is 4.77. The number of hydrogen-bond acceptors (Lipinski definition) is 2. The first-order valence-corrected chi connectivity index (χ1v) is 20.6. The van der Waals surface area contributed by atoms with Gasteiger partial charge in [-0.05, 0) is 112 Å². The second-order valence-corrected chi connectivity index (χ2v) is 17.3. The van der Waals surface area contributed by atoms with Crippen LogP contribution in [0.15, 0.2) is 72.8 Å². The van der Waals surface area contributed by atoms with Gasteiger partial charge in [0.05, 0.1) is 14.2 Å². The molecule has 3 aliphatic rings. The molecule has 2 fully saturated rings. The topological polar surface area (TPSA) is 18.5 Å². The Labute approximate surface area is 280 Å². The van der Waals surface area contributed by atoms with Crippen LogP contribution < -0.4 is 9.47 Å². The Morgan fingerprint density at radius 1 is 0.535 bits per heavy atom. The molecule has 0 amide bonds. The van der Waals surface area contributed by atoms with E-state index in [1.165, 1.54) is 113 Å². The minimum Gasteiger partial charge on any atom is -0.496 e. The van der Waals surface area contributed by atoms with Crippen LogP contribution in [-0.2, 0) is 31.8 Å². The van der Waals surface area contributed by atoms with Gasteiger partial charge in [-0.3, -0.25) is 0 Å². The van der Waals surface area contributed by atoms with Gasteiger partial charge in [0.25, 0.3) is 0 Å². The molecule has 2 unspecified atom stereocenters. The molecule has 0 bridgehead atoms. The van der Waals surface area contributed by atoms with Crippen LogP contribution >= 0.6 is 15.8 Å². The fraction of sp³-hybridized carbons (Fsp3) is 0.579. The number of hydrogen-bond donors (Lipinski definition) is 0. The first-order valence-electron chi connectivity index (χ1n) is 16.6. The number of rotatable bonds is 8. The van der Waals surface area contributed by atoms with Crippen LogP contribution in [0.25, 0.3) is 0 Å². The summed E-state index contributed by atoms with van der Waals surface area (Å²) in [7, 11) is 3.80. The molecule has 5 rings (SSSR count). The maximum atomic E-state index is 5.44. The number of para-hydroxylation sites is 2. The molecular weight excluding hydrogens is 653 g/mol. The van der Waals surface area contributed by atoms with Crippen molar-refractivity contribution in [2.45, 2.75) is 114 Å². The van der Waals surface area contributed by atoms with Gasteiger partial charge in [-0.25, -0.2) is 0 Å². The number of ether oxygens (including phenoxy) is 2.